The molecule has 0 spiro atoms. The fourth-order valence-electron chi connectivity index (χ4n) is 3.00. The maximum Gasteiger partial charge on any atom is 0.191 e. The maximum atomic E-state index is 4.74. The molecule has 0 radical (unpaired) electrons. The fourth-order valence-corrected chi connectivity index (χ4v) is 3.00. The number of rotatable bonds is 8. The lowest BCUT2D eigenvalue weighted by Crippen LogP contribution is -2.44. The third-order valence-corrected chi connectivity index (χ3v) is 4.65. The van der Waals surface area contributed by atoms with Gasteiger partial charge in [0.05, 0.1) is 6.54 Å². The Balaban J connectivity index is 1.90. The SMILES string of the molecule is CCNC(=NCc1ccnc(N2CCN(C)CC2)c1)NCCCC(C)C. The third-order valence-electron chi connectivity index (χ3n) is 4.65. The summed E-state index contributed by atoms with van der Waals surface area (Å²) in [7, 11) is 2.17. The molecule has 2 rings (SSSR count). The minimum absolute atomic E-state index is 0.669. The second-order valence-corrected chi connectivity index (χ2v) is 7.47. The van der Waals surface area contributed by atoms with Crippen LogP contribution in [-0.4, -0.2) is 62.2 Å². The van der Waals surface area contributed by atoms with Gasteiger partial charge in [0.25, 0.3) is 0 Å². The van der Waals surface area contributed by atoms with Gasteiger partial charge in [-0.05, 0) is 50.4 Å². The average molecular weight is 361 g/mol. The Morgan fingerprint density at radius 2 is 2.00 bits per heavy atom. The number of aromatic nitrogens is 1. The molecule has 2 N–H and O–H groups in total. The van der Waals surface area contributed by atoms with E-state index in [9.17, 15) is 0 Å². The number of hydrogen-bond acceptors (Lipinski definition) is 4. The lowest BCUT2D eigenvalue weighted by molar-refractivity contribution is 0.312. The van der Waals surface area contributed by atoms with E-state index in [-0.39, 0.29) is 0 Å². The van der Waals surface area contributed by atoms with E-state index in [4.69, 9.17) is 4.99 Å². The summed E-state index contributed by atoms with van der Waals surface area (Å²) in [5, 5.41) is 6.77. The summed E-state index contributed by atoms with van der Waals surface area (Å²) in [6, 6.07) is 4.24. The van der Waals surface area contributed by atoms with E-state index >= 15 is 0 Å². The zero-order valence-electron chi connectivity index (χ0n) is 17.0. The molecule has 26 heavy (non-hydrogen) atoms. The van der Waals surface area contributed by atoms with E-state index in [1.54, 1.807) is 0 Å². The van der Waals surface area contributed by atoms with Crippen LogP contribution in [0.5, 0.6) is 0 Å². The molecule has 0 atom stereocenters. The van der Waals surface area contributed by atoms with Crippen LogP contribution in [0.25, 0.3) is 0 Å². The lowest BCUT2D eigenvalue weighted by atomic mass is 10.1. The Morgan fingerprint density at radius 3 is 2.69 bits per heavy atom. The molecule has 1 fully saturated rings. The van der Waals surface area contributed by atoms with Crippen LogP contribution in [0.4, 0.5) is 5.82 Å². The van der Waals surface area contributed by atoms with E-state index in [1.807, 2.05) is 6.20 Å². The highest BCUT2D eigenvalue weighted by molar-refractivity contribution is 5.79. The van der Waals surface area contributed by atoms with Crippen molar-refractivity contribution < 1.29 is 0 Å². The van der Waals surface area contributed by atoms with Gasteiger partial charge in [-0.2, -0.15) is 0 Å². The fraction of sp³-hybridized carbons (Fsp3) is 0.700. The van der Waals surface area contributed by atoms with Gasteiger partial charge in [-0.3, -0.25) is 0 Å². The molecule has 2 heterocycles. The van der Waals surface area contributed by atoms with Crippen LogP contribution in [0.2, 0.25) is 0 Å². The van der Waals surface area contributed by atoms with Crippen molar-refractivity contribution in [2.45, 2.75) is 40.2 Å². The van der Waals surface area contributed by atoms with Crippen LogP contribution >= 0.6 is 0 Å². The van der Waals surface area contributed by atoms with Crippen LogP contribution in [0.15, 0.2) is 23.3 Å². The Kier molecular flexibility index (Phi) is 8.68. The summed E-state index contributed by atoms with van der Waals surface area (Å²) in [4.78, 5) is 14.0. The molecule has 1 aliphatic rings. The number of aliphatic imine (C=N–C) groups is 1. The van der Waals surface area contributed by atoms with E-state index in [2.05, 4.69) is 65.4 Å². The summed E-state index contributed by atoms with van der Waals surface area (Å²) >= 11 is 0. The van der Waals surface area contributed by atoms with Gasteiger partial charge in [-0.15, -0.1) is 0 Å². The number of nitrogens with zero attached hydrogens (tertiary/aromatic N) is 4. The molecule has 1 saturated heterocycles. The molecule has 0 unspecified atom stereocenters. The first-order valence-electron chi connectivity index (χ1n) is 9.99. The first kappa shape index (κ1) is 20.5. The van der Waals surface area contributed by atoms with Crippen LogP contribution in [0.1, 0.15) is 39.2 Å². The molecule has 0 aromatic carbocycles. The molecule has 0 aliphatic carbocycles. The van der Waals surface area contributed by atoms with E-state index < -0.39 is 0 Å². The van der Waals surface area contributed by atoms with Gasteiger partial charge >= 0.3 is 0 Å². The summed E-state index contributed by atoms with van der Waals surface area (Å²) in [6.45, 7) is 13.4. The van der Waals surface area contributed by atoms with Crippen LogP contribution in [-0.2, 0) is 6.54 Å². The molecule has 1 aromatic rings. The van der Waals surface area contributed by atoms with Gasteiger partial charge in [0.15, 0.2) is 5.96 Å². The standard InChI is InChI=1S/C20H36N6/c1-5-21-20(23-9-6-7-17(2)3)24-16-18-8-10-22-19(15-18)26-13-11-25(4)12-14-26/h8,10,15,17H,5-7,9,11-14,16H2,1-4H3,(H2,21,23,24). The summed E-state index contributed by atoms with van der Waals surface area (Å²) in [6.07, 6.45) is 4.32. The zero-order valence-corrected chi connectivity index (χ0v) is 17.0. The second-order valence-electron chi connectivity index (χ2n) is 7.47. The Labute approximate surface area is 159 Å². The molecule has 6 nitrogen and oxygen atoms in total. The van der Waals surface area contributed by atoms with Gasteiger partial charge in [0.2, 0.25) is 0 Å². The maximum absolute atomic E-state index is 4.74. The van der Waals surface area contributed by atoms with Crippen molar-refractivity contribution in [1.82, 2.24) is 20.5 Å². The van der Waals surface area contributed by atoms with Crippen LogP contribution in [0.3, 0.4) is 0 Å². The van der Waals surface area contributed by atoms with E-state index in [1.165, 1.54) is 18.4 Å². The van der Waals surface area contributed by atoms with Crippen molar-refractivity contribution in [2.24, 2.45) is 10.9 Å². The monoisotopic (exact) mass is 360 g/mol. The molecule has 0 amide bonds. The van der Waals surface area contributed by atoms with Crippen molar-refractivity contribution in [3.8, 4) is 0 Å². The number of anilines is 1. The van der Waals surface area contributed by atoms with Crippen LogP contribution < -0.4 is 15.5 Å². The van der Waals surface area contributed by atoms with Gasteiger partial charge in [-0.25, -0.2) is 9.98 Å². The lowest BCUT2D eigenvalue weighted by Gasteiger charge is -2.33. The van der Waals surface area contributed by atoms with Crippen molar-refractivity contribution in [3.63, 3.8) is 0 Å². The summed E-state index contributed by atoms with van der Waals surface area (Å²) in [5.74, 6) is 2.72. The van der Waals surface area contributed by atoms with Crippen molar-refractivity contribution >= 4 is 11.8 Å². The number of likely N-dealkylation sites (N-methyl/N-ethyl adjacent to an activating group) is 1. The quantitative estimate of drug-likeness (QED) is 0.423. The number of piperazine rings is 1. The van der Waals surface area contributed by atoms with E-state index in [0.29, 0.717) is 6.54 Å². The van der Waals surface area contributed by atoms with Gasteiger partial charge in [0.1, 0.15) is 5.82 Å². The van der Waals surface area contributed by atoms with Gasteiger partial charge in [-0.1, -0.05) is 13.8 Å². The van der Waals surface area contributed by atoms with Crippen molar-refractivity contribution in [3.05, 3.63) is 23.9 Å². The zero-order chi connectivity index (χ0) is 18.8. The van der Waals surface area contributed by atoms with Crippen molar-refractivity contribution in [1.29, 1.82) is 0 Å². The smallest absolute Gasteiger partial charge is 0.191 e. The summed E-state index contributed by atoms with van der Waals surface area (Å²) in [5.41, 5.74) is 1.20. The molecule has 0 saturated carbocycles. The minimum Gasteiger partial charge on any atom is -0.357 e. The van der Waals surface area contributed by atoms with Crippen LogP contribution in [0, 0.1) is 5.92 Å². The number of nitrogens with one attached hydrogen (secondary N) is 2. The van der Waals surface area contributed by atoms with Gasteiger partial charge in [0, 0.05) is 45.5 Å². The number of hydrogen-bond donors (Lipinski definition) is 2. The molecule has 1 aliphatic heterocycles. The molecule has 6 heteroatoms. The molecule has 0 bridgehead atoms. The Hall–Kier alpha value is -1.82. The predicted octanol–water partition coefficient (Wildman–Crippen LogP) is 2.32. The highest BCUT2D eigenvalue weighted by atomic mass is 15.3. The largest absolute Gasteiger partial charge is 0.357 e. The van der Waals surface area contributed by atoms with Crippen molar-refractivity contribution in [2.75, 3.05) is 51.2 Å². The molecule has 1 aromatic heterocycles. The number of guanidine groups is 1. The number of pyridine rings is 1. The summed E-state index contributed by atoms with van der Waals surface area (Å²) < 4.78 is 0. The Morgan fingerprint density at radius 1 is 1.23 bits per heavy atom. The normalized spacial score (nSPS) is 16.2. The highest BCUT2D eigenvalue weighted by Gasteiger charge is 2.15. The first-order chi connectivity index (χ1) is 12.6. The Bertz CT molecular complexity index is 549. The predicted molar refractivity (Wildman–Crippen MR) is 111 cm³/mol. The van der Waals surface area contributed by atoms with Gasteiger partial charge < -0.3 is 20.4 Å². The minimum atomic E-state index is 0.669. The topological polar surface area (TPSA) is 55.8 Å². The first-order valence-corrected chi connectivity index (χ1v) is 9.99. The molecule has 146 valence electrons. The second kappa shape index (κ2) is 11.0. The molecular formula is C20H36N6. The molecular weight excluding hydrogens is 324 g/mol. The highest BCUT2D eigenvalue weighted by Crippen LogP contribution is 2.15. The average Bonchev–Trinajstić information content (AvgIpc) is 2.64. The van der Waals surface area contributed by atoms with E-state index in [0.717, 1.165) is 57.0 Å². The third kappa shape index (κ3) is 7.20.